The molecule has 1 aliphatic rings. The Balaban J connectivity index is 1.52. The Morgan fingerprint density at radius 2 is 2.10 bits per heavy atom. The van der Waals surface area contributed by atoms with E-state index in [4.69, 9.17) is 0 Å². The maximum Gasteiger partial charge on any atom is 0.240 e. The molecule has 104 valence electrons. The molecule has 1 aromatic heterocycles. The van der Waals surface area contributed by atoms with Crippen molar-refractivity contribution in [3.63, 3.8) is 0 Å². The highest BCUT2D eigenvalue weighted by Crippen LogP contribution is 2.29. The first-order chi connectivity index (χ1) is 9.81. The second-order valence-corrected chi connectivity index (χ2v) is 6.05. The van der Waals surface area contributed by atoms with Gasteiger partial charge in [-0.3, -0.25) is 4.79 Å². The normalized spacial score (nSPS) is 14.2. The van der Waals surface area contributed by atoms with Crippen LogP contribution in [0.5, 0.6) is 0 Å². The van der Waals surface area contributed by atoms with Gasteiger partial charge in [-0.2, -0.15) is 0 Å². The van der Waals surface area contributed by atoms with Crippen LogP contribution in [0.2, 0.25) is 0 Å². The number of hydrogen-bond acceptors (Lipinski definition) is 4. The number of amides is 1. The summed E-state index contributed by atoms with van der Waals surface area (Å²) in [5, 5.41) is 6.66. The third-order valence-corrected chi connectivity index (χ3v) is 4.19. The molecule has 1 amide bonds. The maximum absolute atomic E-state index is 11.8. The molecule has 0 atom stereocenters. The van der Waals surface area contributed by atoms with Crippen molar-refractivity contribution in [1.29, 1.82) is 0 Å². The van der Waals surface area contributed by atoms with Crippen LogP contribution in [0.1, 0.15) is 12.8 Å². The summed E-state index contributed by atoms with van der Waals surface area (Å²) < 4.78 is 0. The molecule has 5 heteroatoms. The van der Waals surface area contributed by atoms with Gasteiger partial charge < -0.3 is 10.6 Å². The summed E-state index contributed by atoms with van der Waals surface area (Å²) >= 11 is 1.50. The summed E-state index contributed by atoms with van der Waals surface area (Å²) in [4.78, 5) is 17.1. The topological polar surface area (TPSA) is 54.0 Å². The van der Waals surface area contributed by atoms with Gasteiger partial charge in [0.25, 0.3) is 0 Å². The predicted octanol–water partition coefficient (Wildman–Crippen LogP) is 2.75. The molecule has 4 nitrogen and oxygen atoms in total. The predicted molar refractivity (Wildman–Crippen MR) is 81.8 cm³/mol. The summed E-state index contributed by atoms with van der Waals surface area (Å²) in [6.45, 7) is 1.30. The number of carbonyl (C=O) groups excluding carboxylic acids is 1. The van der Waals surface area contributed by atoms with Crippen LogP contribution in [-0.4, -0.2) is 24.0 Å². The highest BCUT2D eigenvalue weighted by atomic mass is 32.1. The van der Waals surface area contributed by atoms with Crippen LogP contribution in [0.4, 0.5) is 5.13 Å². The lowest BCUT2D eigenvalue weighted by molar-refractivity contribution is -0.115. The van der Waals surface area contributed by atoms with E-state index >= 15 is 0 Å². The van der Waals surface area contributed by atoms with Crippen molar-refractivity contribution in [3.05, 3.63) is 36.5 Å². The lowest BCUT2D eigenvalue weighted by Crippen LogP contribution is -2.29. The fourth-order valence-corrected chi connectivity index (χ4v) is 2.78. The summed E-state index contributed by atoms with van der Waals surface area (Å²) in [5.41, 5.74) is 1.12. The Bertz CT molecular complexity index is 578. The highest BCUT2D eigenvalue weighted by Gasteiger charge is 2.20. The molecule has 1 aromatic carbocycles. The van der Waals surface area contributed by atoms with Crippen molar-refractivity contribution in [2.24, 2.45) is 5.92 Å². The van der Waals surface area contributed by atoms with Gasteiger partial charge in [0.1, 0.15) is 0 Å². The summed E-state index contributed by atoms with van der Waals surface area (Å²) in [6.07, 6.45) is 4.39. The molecule has 0 aliphatic heterocycles. The Labute approximate surface area is 122 Å². The molecule has 1 saturated carbocycles. The van der Waals surface area contributed by atoms with Crippen LogP contribution in [0.15, 0.2) is 36.5 Å². The Kier molecular flexibility index (Phi) is 4.08. The van der Waals surface area contributed by atoms with Gasteiger partial charge in [-0.05, 0) is 30.9 Å². The lowest BCUT2D eigenvalue weighted by Gasteiger charge is -2.03. The van der Waals surface area contributed by atoms with Gasteiger partial charge >= 0.3 is 0 Å². The van der Waals surface area contributed by atoms with Crippen LogP contribution in [0, 0.1) is 5.92 Å². The zero-order valence-electron chi connectivity index (χ0n) is 11.1. The van der Waals surface area contributed by atoms with E-state index in [1.165, 1.54) is 24.2 Å². The van der Waals surface area contributed by atoms with Crippen molar-refractivity contribution >= 4 is 22.4 Å². The molecule has 2 N–H and O–H groups in total. The first-order valence-electron chi connectivity index (χ1n) is 6.83. The molecule has 3 rings (SSSR count). The lowest BCUT2D eigenvalue weighted by atomic mass is 10.2. The Morgan fingerprint density at radius 3 is 2.85 bits per heavy atom. The van der Waals surface area contributed by atoms with E-state index in [2.05, 4.69) is 15.6 Å². The summed E-state index contributed by atoms with van der Waals surface area (Å²) in [7, 11) is 0. The second-order valence-electron chi connectivity index (χ2n) is 5.02. The molecule has 0 saturated heterocycles. The number of carbonyl (C=O) groups is 1. The monoisotopic (exact) mass is 287 g/mol. The Morgan fingerprint density at radius 1 is 1.30 bits per heavy atom. The number of rotatable bonds is 6. The largest absolute Gasteiger partial charge is 0.308 e. The zero-order chi connectivity index (χ0) is 13.8. The maximum atomic E-state index is 11.8. The van der Waals surface area contributed by atoms with Gasteiger partial charge in [0.05, 0.1) is 11.4 Å². The van der Waals surface area contributed by atoms with Gasteiger partial charge in [0.15, 0.2) is 5.13 Å². The van der Waals surface area contributed by atoms with Crippen molar-refractivity contribution in [1.82, 2.24) is 10.3 Å². The quantitative estimate of drug-likeness (QED) is 0.859. The standard InChI is InChI=1S/C15H17N3OS/c19-14(10-16-8-11-6-7-11)18-15-17-9-13(20-15)12-4-2-1-3-5-12/h1-5,9,11,16H,6-8,10H2,(H,17,18,19). The first-order valence-corrected chi connectivity index (χ1v) is 7.65. The second kappa shape index (κ2) is 6.15. The highest BCUT2D eigenvalue weighted by molar-refractivity contribution is 7.19. The number of nitrogens with one attached hydrogen (secondary N) is 2. The van der Waals surface area contributed by atoms with Gasteiger partial charge in [-0.25, -0.2) is 4.98 Å². The molecule has 1 aliphatic carbocycles. The molecule has 20 heavy (non-hydrogen) atoms. The van der Waals surface area contributed by atoms with Crippen molar-refractivity contribution in [2.45, 2.75) is 12.8 Å². The molecule has 2 aromatic rings. The average Bonchev–Trinajstić information content (AvgIpc) is 3.17. The molecule has 0 unspecified atom stereocenters. The van der Waals surface area contributed by atoms with Crippen LogP contribution >= 0.6 is 11.3 Å². The van der Waals surface area contributed by atoms with E-state index < -0.39 is 0 Å². The van der Waals surface area contributed by atoms with Crippen LogP contribution in [0.3, 0.4) is 0 Å². The van der Waals surface area contributed by atoms with Gasteiger partial charge in [-0.15, -0.1) is 0 Å². The summed E-state index contributed by atoms with van der Waals surface area (Å²) in [5.74, 6) is 0.756. The number of thiazole rings is 1. The minimum absolute atomic E-state index is 0.0281. The third-order valence-electron chi connectivity index (χ3n) is 3.23. The van der Waals surface area contributed by atoms with Crippen LogP contribution < -0.4 is 10.6 Å². The third kappa shape index (κ3) is 3.65. The molecule has 0 radical (unpaired) electrons. The Hall–Kier alpha value is -1.72. The first kappa shape index (κ1) is 13.3. The molecule has 1 fully saturated rings. The molecule has 0 bridgehead atoms. The van der Waals surface area contributed by atoms with Gasteiger partial charge in [0.2, 0.25) is 5.91 Å². The van der Waals surface area contributed by atoms with E-state index in [-0.39, 0.29) is 5.91 Å². The van der Waals surface area contributed by atoms with E-state index in [1.807, 2.05) is 30.3 Å². The van der Waals surface area contributed by atoms with Crippen molar-refractivity contribution in [2.75, 3.05) is 18.4 Å². The molecular weight excluding hydrogens is 270 g/mol. The fourth-order valence-electron chi connectivity index (χ4n) is 1.94. The van der Waals surface area contributed by atoms with Crippen molar-refractivity contribution < 1.29 is 4.79 Å². The number of nitrogens with zero attached hydrogens (tertiary/aromatic N) is 1. The molecule has 0 spiro atoms. The van der Waals surface area contributed by atoms with Crippen LogP contribution in [0.25, 0.3) is 10.4 Å². The van der Waals surface area contributed by atoms with E-state index in [1.54, 1.807) is 6.20 Å². The van der Waals surface area contributed by atoms with Gasteiger partial charge in [-0.1, -0.05) is 41.7 Å². The van der Waals surface area contributed by atoms with Crippen molar-refractivity contribution in [3.8, 4) is 10.4 Å². The number of benzene rings is 1. The molecular formula is C15H17N3OS. The fraction of sp³-hybridized carbons (Fsp3) is 0.333. The van der Waals surface area contributed by atoms with E-state index in [0.29, 0.717) is 11.7 Å². The minimum atomic E-state index is -0.0281. The number of anilines is 1. The van der Waals surface area contributed by atoms with Gasteiger partial charge in [0, 0.05) is 6.20 Å². The average molecular weight is 287 g/mol. The SMILES string of the molecule is O=C(CNCC1CC1)Nc1ncc(-c2ccccc2)s1. The smallest absolute Gasteiger partial charge is 0.240 e. The van der Waals surface area contributed by atoms with E-state index in [0.717, 1.165) is 22.9 Å². The number of aromatic nitrogens is 1. The molecule has 1 heterocycles. The van der Waals surface area contributed by atoms with Crippen LogP contribution in [-0.2, 0) is 4.79 Å². The number of hydrogen-bond donors (Lipinski definition) is 2. The summed E-state index contributed by atoms with van der Waals surface area (Å²) in [6, 6.07) is 10.1. The minimum Gasteiger partial charge on any atom is -0.308 e. The van der Waals surface area contributed by atoms with E-state index in [9.17, 15) is 4.79 Å². The zero-order valence-corrected chi connectivity index (χ0v) is 12.0.